The highest BCUT2D eigenvalue weighted by Crippen LogP contribution is 2.21. The quantitative estimate of drug-likeness (QED) is 0.505. The molecule has 0 bridgehead atoms. The van der Waals surface area contributed by atoms with Gasteiger partial charge in [0.25, 0.3) is 0 Å². The Kier molecular flexibility index (Phi) is 5.97. The van der Waals surface area contributed by atoms with E-state index in [0.29, 0.717) is 29.2 Å². The van der Waals surface area contributed by atoms with Gasteiger partial charge >= 0.3 is 6.09 Å². The summed E-state index contributed by atoms with van der Waals surface area (Å²) in [5.74, 6) is 0.686. The second-order valence-electron chi connectivity index (χ2n) is 6.47. The average Bonchev–Trinajstić information content (AvgIpc) is 2.45. The maximum absolute atomic E-state index is 12.2. The number of halogens is 1. The van der Waals surface area contributed by atoms with E-state index in [4.69, 9.17) is 16.3 Å². The number of amides is 1. The van der Waals surface area contributed by atoms with Gasteiger partial charge in [-0.3, -0.25) is 0 Å². The normalized spacial score (nSPS) is 18.7. The first-order valence-electron chi connectivity index (χ1n) is 7.60. The number of hydrogen-bond donors (Lipinski definition) is 1. The average molecular weight is 359 g/mol. The summed E-state index contributed by atoms with van der Waals surface area (Å²) in [4.78, 5) is 22.5. The highest BCUT2D eigenvalue weighted by atomic mass is 35.5. The van der Waals surface area contributed by atoms with Gasteiger partial charge in [-0.2, -0.15) is 0 Å². The number of carbonyl (C=O) groups excluding carboxylic acids is 1. The van der Waals surface area contributed by atoms with E-state index in [1.807, 2.05) is 27.0 Å². The fraction of sp³-hybridized carbons (Fsp3) is 0.667. The summed E-state index contributed by atoms with van der Waals surface area (Å²) < 4.78 is 5.44. The monoisotopic (exact) mass is 358 g/mol. The van der Waals surface area contributed by atoms with Crippen LogP contribution in [0, 0.1) is 0 Å². The van der Waals surface area contributed by atoms with Gasteiger partial charge in [0.2, 0.25) is 0 Å². The van der Waals surface area contributed by atoms with Crippen LogP contribution in [0.2, 0.25) is 5.15 Å². The lowest BCUT2D eigenvalue weighted by Crippen LogP contribution is -2.47. The van der Waals surface area contributed by atoms with Crippen LogP contribution in [0.15, 0.2) is 11.2 Å². The predicted octanol–water partition coefficient (Wildman–Crippen LogP) is 3.66. The summed E-state index contributed by atoms with van der Waals surface area (Å²) in [5, 5.41) is 4.38. The molecule has 0 aromatic carbocycles. The molecule has 0 spiro atoms. The van der Waals surface area contributed by atoms with Crippen LogP contribution in [-0.2, 0) is 4.74 Å². The van der Waals surface area contributed by atoms with Gasteiger partial charge in [0.05, 0.1) is 0 Å². The van der Waals surface area contributed by atoms with Crippen LogP contribution in [0.1, 0.15) is 33.6 Å². The highest BCUT2D eigenvalue weighted by molar-refractivity contribution is 7.98. The second-order valence-corrected chi connectivity index (χ2v) is 7.63. The van der Waals surface area contributed by atoms with Gasteiger partial charge in [-0.05, 0) is 39.9 Å². The van der Waals surface area contributed by atoms with Crippen molar-refractivity contribution in [3.8, 4) is 0 Å². The van der Waals surface area contributed by atoms with Gasteiger partial charge in [0.15, 0.2) is 5.16 Å². The largest absolute Gasteiger partial charge is 0.444 e. The van der Waals surface area contributed by atoms with Crippen molar-refractivity contribution in [2.24, 2.45) is 0 Å². The molecule has 8 heteroatoms. The first kappa shape index (κ1) is 18.1. The summed E-state index contributed by atoms with van der Waals surface area (Å²) in [6.07, 6.45) is 3.52. The molecule has 1 aliphatic heterocycles. The standard InChI is InChI=1S/C15H23ClN4O2S/c1-15(2,3)22-14(21)20-7-5-6-10(9-20)17-12-8-11(16)18-13(19-12)23-4/h8,10H,5-7,9H2,1-4H3,(H,17,18,19)/t10-/m1/s1. The molecule has 0 saturated carbocycles. The number of aromatic nitrogens is 2. The Morgan fingerprint density at radius 3 is 2.87 bits per heavy atom. The second kappa shape index (κ2) is 7.57. The minimum absolute atomic E-state index is 0.122. The van der Waals surface area contributed by atoms with Crippen molar-refractivity contribution in [2.75, 3.05) is 24.7 Å². The molecule has 23 heavy (non-hydrogen) atoms. The number of anilines is 1. The van der Waals surface area contributed by atoms with E-state index < -0.39 is 5.60 Å². The third-order valence-corrected chi connectivity index (χ3v) is 4.02. The van der Waals surface area contributed by atoms with Crippen molar-refractivity contribution in [3.05, 3.63) is 11.2 Å². The van der Waals surface area contributed by atoms with E-state index in [0.717, 1.165) is 12.8 Å². The number of carbonyl (C=O) groups is 1. The Morgan fingerprint density at radius 1 is 1.48 bits per heavy atom. The Morgan fingerprint density at radius 2 is 2.22 bits per heavy atom. The number of hydrogen-bond acceptors (Lipinski definition) is 6. The Hall–Kier alpha value is -1.21. The third kappa shape index (κ3) is 5.73. The van der Waals surface area contributed by atoms with Crippen molar-refractivity contribution < 1.29 is 9.53 Å². The zero-order valence-electron chi connectivity index (χ0n) is 13.9. The molecule has 1 saturated heterocycles. The molecule has 1 aromatic rings. The fourth-order valence-corrected chi connectivity index (χ4v) is 2.97. The van der Waals surface area contributed by atoms with Crippen molar-refractivity contribution in [3.63, 3.8) is 0 Å². The van der Waals surface area contributed by atoms with Gasteiger partial charge in [-0.25, -0.2) is 14.8 Å². The van der Waals surface area contributed by atoms with Crippen molar-refractivity contribution in [1.82, 2.24) is 14.9 Å². The summed E-state index contributed by atoms with van der Waals surface area (Å²) in [6, 6.07) is 1.82. The maximum Gasteiger partial charge on any atom is 0.410 e. The molecule has 1 N–H and O–H groups in total. The lowest BCUT2D eigenvalue weighted by atomic mass is 10.1. The van der Waals surface area contributed by atoms with E-state index in [1.54, 1.807) is 11.0 Å². The van der Waals surface area contributed by atoms with Gasteiger partial charge in [0, 0.05) is 25.2 Å². The molecule has 0 aliphatic carbocycles. The van der Waals surface area contributed by atoms with Crippen LogP contribution < -0.4 is 5.32 Å². The smallest absolute Gasteiger partial charge is 0.410 e. The van der Waals surface area contributed by atoms with E-state index in [-0.39, 0.29) is 12.1 Å². The summed E-state index contributed by atoms with van der Waals surface area (Å²) in [5.41, 5.74) is -0.481. The Balaban J connectivity index is 1.99. The molecule has 1 fully saturated rings. The number of nitrogens with one attached hydrogen (secondary N) is 1. The Labute approximate surface area is 146 Å². The summed E-state index contributed by atoms with van der Waals surface area (Å²) in [7, 11) is 0. The van der Waals surface area contributed by atoms with Crippen LogP contribution in [0.25, 0.3) is 0 Å². The van der Waals surface area contributed by atoms with Gasteiger partial charge < -0.3 is 15.0 Å². The molecule has 1 aliphatic rings. The SMILES string of the molecule is CSc1nc(Cl)cc(N[C@@H]2CCCN(C(=O)OC(C)(C)C)C2)n1. The molecular formula is C15H23ClN4O2S. The number of likely N-dealkylation sites (tertiary alicyclic amines) is 1. The summed E-state index contributed by atoms with van der Waals surface area (Å²) in [6.45, 7) is 6.92. The zero-order chi connectivity index (χ0) is 17.0. The maximum atomic E-state index is 12.2. The van der Waals surface area contributed by atoms with E-state index in [1.165, 1.54) is 11.8 Å². The molecule has 1 atom stereocenters. The number of piperidine rings is 1. The van der Waals surface area contributed by atoms with Gasteiger partial charge in [-0.1, -0.05) is 23.4 Å². The highest BCUT2D eigenvalue weighted by Gasteiger charge is 2.27. The van der Waals surface area contributed by atoms with Crippen LogP contribution in [-0.4, -0.2) is 51.9 Å². The molecule has 1 aromatic heterocycles. The Bertz CT molecular complexity index is 565. The molecule has 2 rings (SSSR count). The number of nitrogens with zero attached hydrogens (tertiary/aromatic N) is 3. The van der Waals surface area contributed by atoms with Crippen LogP contribution >= 0.6 is 23.4 Å². The van der Waals surface area contributed by atoms with E-state index in [9.17, 15) is 4.79 Å². The molecule has 128 valence electrons. The van der Waals surface area contributed by atoms with Crippen molar-refractivity contribution in [2.45, 2.75) is 50.4 Å². The zero-order valence-corrected chi connectivity index (χ0v) is 15.5. The molecule has 6 nitrogen and oxygen atoms in total. The van der Waals surface area contributed by atoms with Crippen LogP contribution in [0.3, 0.4) is 0 Å². The van der Waals surface area contributed by atoms with E-state index in [2.05, 4.69) is 15.3 Å². The third-order valence-electron chi connectivity index (χ3n) is 3.28. The topological polar surface area (TPSA) is 67.4 Å². The lowest BCUT2D eigenvalue weighted by Gasteiger charge is -2.34. The summed E-state index contributed by atoms with van der Waals surface area (Å²) >= 11 is 7.45. The minimum Gasteiger partial charge on any atom is -0.444 e. The van der Waals surface area contributed by atoms with Crippen LogP contribution in [0.4, 0.5) is 10.6 Å². The number of rotatable bonds is 3. The van der Waals surface area contributed by atoms with Crippen molar-refractivity contribution in [1.29, 1.82) is 0 Å². The van der Waals surface area contributed by atoms with Gasteiger partial charge in [0.1, 0.15) is 16.6 Å². The lowest BCUT2D eigenvalue weighted by molar-refractivity contribution is 0.0206. The van der Waals surface area contributed by atoms with Crippen molar-refractivity contribution >= 4 is 35.3 Å². The van der Waals surface area contributed by atoms with E-state index >= 15 is 0 Å². The molecule has 0 radical (unpaired) electrons. The molecule has 2 heterocycles. The number of ether oxygens (including phenoxy) is 1. The molecule has 1 amide bonds. The minimum atomic E-state index is -0.481. The molecule has 0 unspecified atom stereocenters. The first-order valence-corrected chi connectivity index (χ1v) is 9.20. The predicted molar refractivity (Wildman–Crippen MR) is 93.3 cm³/mol. The number of thioether (sulfide) groups is 1. The fourth-order valence-electron chi connectivity index (χ4n) is 2.36. The first-order chi connectivity index (χ1) is 10.8. The van der Waals surface area contributed by atoms with Crippen LogP contribution in [0.5, 0.6) is 0 Å². The molecular weight excluding hydrogens is 336 g/mol. The van der Waals surface area contributed by atoms with Gasteiger partial charge in [-0.15, -0.1) is 0 Å².